The first kappa shape index (κ1) is 18.5. The zero-order chi connectivity index (χ0) is 19.2. The first-order chi connectivity index (χ1) is 13.0. The number of ether oxygens (including phenoxy) is 1. The predicted octanol–water partition coefficient (Wildman–Crippen LogP) is 4.60. The van der Waals surface area contributed by atoms with Gasteiger partial charge in [0.1, 0.15) is 11.6 Å². The molecule has 3 aromatic rings. The number of aromatic nitrogens is 2. The smallest absolute Gasteiger partial charge is 0.251 e. The second-order valence-electron chi connectivity index (χ2n) is 6.18. The van der Waals surface area contributed by atoms with Crippen LogP contribution in [-0.2, 0) is 0 Å². The molecule has 6 heteroatoms. The first-order valence-corrected chi connectivity index (χ1v) is 8.73. The fraction of sp³-hybridized carbons (Fsp3) is 0.190. The highest BCUT2D eigenvalue weighted by molar-refractivity contribution is 5.95. The molecule has 138 valence electrons. The lowest BCUT2D eigenvalue weighted by Crippen LogP contribution is -2.31. The summed E-state index contributed by atoms with van der Waals surface area (Å²) in [4.78, 5) is 12.3. The van der Waals surface area contributed by atoms with E-state index in [4.69, 9.17) is 4.74 Å². The Bertz CT molecular complexity index is 911. The summed E-state index contributed by atoms with van der Waals surface area (Å²) >= 11 is 0. The van der Waals surface area contributed by atoms with Crippen molar-refractivity contribution in [1.29, 1.82) is 0 Å². The topological polar surface area (TPSA) is 64.1 Å². The molecule has 1 heterocycles. The van der Waals surface area contributed by atoms with E-state index in [2.05, 4.69) is 15.5 Å². The predicted molar refractivity (Wildman–Crippen MR) is 101 cm³/mol. The monoisotopic (exact) mass is 365 g/mol. The maximum absolute atomic E-state index is 12.9. The molecule has 1 unspecified atom stereocenters. The van der Waals surface area contributed by atoms with Gasteiger partial charge in [-0.2, -0.15) is 0 Å². The quantitative estimate of drug-likeness (QED) is 0.693. The van der Waals surface area contributed by atoms with E-state index in [1.54, 1.807) is 24.3 Å². The normalized spacial score (nSPS) is 11.7. The molecule has 0 aliphatic rings. The fourth-order valence-corrected chi connectivity index (χ4v) is 2.38. The van der Waals surface area contributed by atoms with Crippen LogP contribution in [0.3, 0.4) is 0 Å². The van der Waals surface area contributed by atoms with Crippen molar-refractivity contribution in [3.05, 3.63) is 72.0 Å². The summed E-state index contributed by atoms with van der Waals surface area (Å²) in [5, 5.41) is 11.1. The highest BCUT2D eigenvalue weighted by Crippen LogP contribution is 2.22. The molecule has 0 bridgehead atoms. The van der Waals surface area contributed by atoms with E-state index in [0.29, 0.717) is 22.9 Å². The molecule has 1 N–H and O–H groups in total. The van der Waals surface area contributed by atoms with Gasteiger partial charge >= 0.3 is 0 Å². The van der Waals surface area contributed by atoms with Gasteiger partial charge in [0.05, 0.1) is 5.69 Å². The number of carbonyl (C=O) groups excluding carboxylic acids is 1. The minimum atomic E-state index is -0.332. The van der Waals surface area contributed by atoms with Gasteiger partial charge in [0.15, 0.2) is 0 Å². The van der Waals surface area contributed by atoms with Crippen LogP contribution in [0.5, 0.6) is 11.6 Å². The van der Waals surface area contributed by atoms with Gasteiger partial charge in [0.2, 0.25) is 5.88 Å². The molecule has 1 amide bonds. The van der Waals surface area contributed by atoms with Crippen molar-refractivity contribution in [2.45, 2.75) is 26.3 Å². The van der Waals surface area contributed by atoms with E-state index in [-0.39, 0.29) is 17.8 Å². The molecular weight excluding hydrogens is 345 g/mol. The standard InChI is InChI=1S/C21H20FN3O2/c1-3-14(2)23-21(26)16-6-4-5-15(13-16)19-11-12-20(25-24-19)27-18-9-7-17(22)8-10-18/h4-14H,3H2,1-2H3,(H,23,26). The van der Waals surface area contributed by atoms with E-state index in [0.717, 1.165) is 12.0 Å². The van der Waals surface area contributed by atoms with Gasteiger partial charge in [-0.05, 0) is 55.8 Å². The molecule has 0 saturated carbocycles. The van der Waals surface area contributed by atoms with Crippen molar-refractivity contribution >= 4 is 5.91 Å². The summed E-state index contributed by atoms with van der Waals surface area (Å²) in [5.74, 6) is 0.328. The van der Waals surface area contributed by atoms with Crippen LogP contribution in [0, 0.1) is 5.82 Å². The summed E-state index contributed by atoms with van der Waals surface area (Å²) in [6, 6.07) is 16.4. The molecule has 0 fully saturated rings. The summed E-state index contributed by atoms with van der Waals surface area (Å²) in [5.41, 5.74) is 1.98. The highest BCUT2D eigenvalue weighted by atomic mass is 19.1. The number of rotatable bonds is 6. The van der Waals surface area contributed by atoms with Crippen molar-refractivity contribution in [1.82, 2.24) is 15.5 Å². The maximum Gasteiger partial charge on any atom is 0.251 e. The third kappa shape index (κ3) is 4.88. The zero-order valence-electron chi connectivity index (χ0n) is 15.1. The number of nitrogens with one attached hydrogen (secondary N) is 1. The van der Waals surface area contributed by atoms with Crippen LogP contribution in [0.2, 0.25) is 0 Å². The van der Waals surface area contributed by atoms with Gasteiger partial charge in [-0.15, -0.1) is 10.2 Å². The summed E-state index contributed by atoms with van der Waals surface area (Å²) in [6.07, 6.45) is 0.867. The van der Waals surface area contributed by atoms with Crippen molar-refractivity contribution in [3.8, 4) is 22.9 Å². The van der Waals surface area contributed by atoms with Crippen molar-refractivity contribution in [3.63, 3.8) is 0 Å². The lowest BCUT2D eigenvalue weighted by Gasteiger charge is -2.12. The highest BCUT2D eigenvalue weighted by Gasteiger charge is 2.10. The minimum absolute atomic E-state index is 0.115. The van der Waals surface area contributed by atoms with E-state index < -0.39 is 0 Å². The van der Waals surface area contributed by atoms with Crippen LogP contribution in [0.25, 0.3) is 11.3 Å². The number of nitrogens with zero attached hydrogens (tertiary/aromatic N) is 2. The summed E-state index contributed by atoms with van der Waals surface area (Å²) < 4.78 is 18.5. The molecule has 27 heavy (non-hydrogen) atoms. The van der Waals surface area contributed by atoms with E-state index in [1.807, 2.05) is 26.0 Å². The number of benzene rings is 2. The lowest BCUT2D eigenvalue weighted by atomic mass is 10.1. The largest absolute Gasteiger partial charge is 0.438 e. The molecular formula is C21H20FN3O2. The number of halogens is 1. The number of hydrogen-bond donors (Lipinski definition) is 1. The summed E-state index contributed by atoms with van der Waals surface area (Å²) in [7, 11) is 0. The Balaban J connectivity index is 1.74. The van der Waals surface area contributed by atoms with Crippen LogP contribution >= 0.6 is 0 Å². The zero-order valence-corrected chi connectivity index (χ0v) is 15.1. The van der Waals surface area contributed by atoms with Crippen LogP contribution in [-0.4, -0.2) is 22.1 Å². The van der Waals surface area contributed by atoms with E-state index >= 15 is 0 Å². The Kier molecular flexibility index (Phi) is 5.76. The molecule has 3 rings (SSSR count). The molecule has 5 nitrogen and oxygen atoms in total. The average molecular weight is 365 g/mol. The maximum atomic E-state index is 12.9. The van der Waals surface area contributed by atoms with Gasteiger partial charge in [-0.3, -0.25) is 4.79 Å². The SMILES string of the molecule is CCC(C)NC(=O)c1cccc(-c2ccc(Oc3ccc(F)cc3)nn2)c1. The number of hydrogen-bond acceptors (Lipinski definition) is 4. The molecule has 0 spiro atoms. The van der Waals surface area contributed by atoms with Crippen molar-refractivity contribution in [2.75, 3.05) is 0 Å². The Morgan fingerprint density at radius 1 is 1.11 bits per heavy atom. The van der Waals surface area contributed by atoms with Crippen molar-refractivity contribution in [2.24, 2.45) is 0 Å². The lowest BCUT2D eigenvalue weighted by molar-refractivity contribution is 0.0939. The van der Waals surface area contributed by atoms with Gasteiger partial charge < -0.3 is 10.1 Å². The second kappa shape index (κ2) is 8.40. The van der Waals surface area contributed by atoms with Gasteiger partial charge in [-0.25, -0.2) is 4.39 Å². The average Bonchev–Trinajstić information content (AvgIpc) is 2.70. The van der Waals surface area contributed by atoms with Crippen LogP contribution in [0.1, 0.15) is 30.6 Å². The van der Waals surface area contributed by atoms with Gasteiger partial charge in [0.25, 0.3) is 5.91 Å². The molecule has 1 aromatic heterocycles. The molecule has 2 aromatic carbocycles. The molecule has 0 aliphatic carbocycles. The van der Waals surface area contributed by atoms with Crippen LogP contribution < -0.4 is 10.1 Å². The Hall–Kier alpha value is -3.28. The van der Waals surface area contributed by atoms with Gasteiger partial charge in [-0.1, -0.05) is 19.1 Å². The van der Waals surface area contributed by atoms with Gasteiger partial charge in [0, 0.05) is 23.2 Å². The van der Waals surface area contributed by atoms with Crippen molar-refractivity contribution < 1.29 is 13.9 Å². The Morgan fingerprint density at radius 2 is 1.89 bits per heavy atom. The Morgan fingerprint density at radius 3 is 2.56 bits per heavy atom. The molecule has 0 saturated heterocycles. The minimum Gasteiger partial charge on any atom is -0.438 e. The first-order valence-electron chi connectivity index (χ1n) is 8.73. The summed E-state index contributed by atoms with van der Waals surface area (Å²) in [6.45, 7) is 3.99. The second-order valence-corrected chi connectivity index (χ2v) is 6.18. The van der Waals surface area contributed by atoms with Crippen LogP contribution in [0.4, 0.5) is 4.39 Å². The molecule has 0 radical (unpaired) electrons. The number of amides is 1. The Labute approximate surface area is 157 Å². The molecule has 0 aliphatic heterocycles. The van der Waals surface area contributed by atoms with Crippen LogP contribution in [0.15, 0.2) is 60.7 Å². The third-order valence-corrected chi connectivity index (χ3v) is 4.09. The fourth-order valence-electron chi connectivity index (χ4n) is 2.38. The molecule has 1 atom stereocenters. The third-order valence-electron chi connectivity index (χ3n) is 4.09. The number of carbonyl (C=O) groups is 1. The van der Waals surface area contributed by atoms with E-state index in [1.165, 1.54) is 24.3 Å². The van der Waals surface area contributed by atoms with E-state index in [9.17, 15) is 9.18 Å².